The van der Waals surface area contributed by atoms with Crippen LogP contribution in [0.5, 0.6) is 11.5 Å². The zero-order chi connectivity index (χ0) is 15.4. The molecule has 1 saturated heterocycles. The second-order valence-electron chi connectivity index (χ2n) is 5.75. The Balaban J connectivity index is 2.04. The van der Waals surface area contributed by atoms with Gasteiger partial charge in [0, 0.05) is 19.1 Å². The van der Waals surface area contributed by atoms with Gasteiger partial charge in [-0.05, 0) is 37.4 Å². The Bertz CT molecular complexity index is 504. The summed E-state index contributed by atoms with van der Waals surface area (Å²) in [4.78, 5) is 14.2. The topological polar surface area (TPSA) is 72.8 Å². The van der Waals surface area contributed by atoms with Crippen molar-refractivity contribution >= 4 is 5.91 Å². The predicted molar refractivity (Wildman–Crippen MR) is 81.5 cm³/mol. The van der Waals surface area contributed by atoms with Crippen LogP contribution in [-0.2, 0) is 0 Å². The Kier molecular flexibility index (Phi) is 5.07. The SMILES string of the molecule is CCCNC1CCN(C(=O)c2cccc(O)c2O)CC1C. The molecule has 116 valence electrons. The molecular weight excluding hydrogens is 268 g/mol. The average Bonchev–Trinajstić information content (AvgIpc) is 2.48. The molecular formula is C16H24N2O3. The molecule has 1 fully saturated rings. The van der Waals surface area contributed by atoms with Crippen LogP contribution in [0.3, 0.4) is 0 Å². The maximum absolute atomic E-state index is 12.5. The smallest absolute Gasteiger partial charge is 0.257 e. The van der Waals surface area contributed by atoms with Crippen LogP contribution in [0, 0.1) is 5.92 Å². The van der Waals surface area contributed by atoms with Gasteiger partial charge in [0.1, 0.15) is 0 Å². The number of hydrogen-bond acceptors (Lipinski definition) is 4. The van der Waals surface area contributed by atoms with E-state index in [-0.39, 0.29) is 23.0 Å². The fourth-order valence-electron chi connectivity index (χ4n) is 2.84. The molecule has 2 atom stereocenters. The summed E-state index contributed by atoms with van der Waals surface area (Å²) in [5.74, 6) is -0.437. The Morgan fingerprint density at radius 2 is 2.19 bits per heavy atom. The first-order valence-corrected chi connectivity index (χ1v) is 7.58. The number of carbonyl (C=O) groups is 1. The van der Waals surface area contributed by atoms with Gasteiger partial charge < -0.3 is 20.4 Å². The highest BCUT2D eigenvalue weighted by atomic mass is 16.3. The highest BCUT2D eigenvalue weighted by Crippen LogP contribution is 2.30. The van der Waals surface area contributed by atoms with Crippen molar-refractivity contribution in [2.24, 2.45) is 5.92 Å². The highest BCUT2D eigenvalue weighted by Gasteiger charge is 2.29. The van der Waals surface area contributed by atoms with Crippen LogP contribution in [0.25, 0.3) is 0 Å². The molecule has 1 amide bonds. The minimum Gasteiger partial charge on any atom is -0.504 e. The predicted octanol–water partition coefficient (Wildman–Crippen LogP) is 1.95. The van der Waals surface area contributed by atoms with Gasteiger partial charge in [0.2, 0.25) is 0 Å². The Labute approximate surface area is 125 Å². The molecule has 1 aliphatic rings. The average molecular weight is 292 g/mol. The van der Waals surface area contributed by atoms with Crippen LogP contribution < -0.4 is 5.32 Å². The van der Waals surface area contributed by atoms with Crippen LogP contribution in [0.15, 0.2) is 18.2 Å². The summed E-state index contributed by atoms with van der Waals surface area (Å²) in [7, 11) is 0. The van der Waals surface area contributed by atoms with E-state index >= 15 is 0 Å². The van der Waals surface area contributed by atoms with Gasteiger partial charge in [0.05, 0.1) is 5.56 Å². The molecule has 0 aromatic heterocycles. The zero-order valence-corrected chi connectivity index (χ0v) is 12.7. The Morgan fingerprint density at radius 3 is 2.86 bits per heavy atom. The van der Waals surface area contributed by atoms with E-state index in [2.05, 4.69) is 19.2 Å². The van der Waals surface area contributed by atoms with Gasteiger partial charge >= 0.3 is 0 Å². The van der Waals surface area contributed by atoms with Crippen LogP contribution in [-0.4, -0.2) is 46.7 Å². The molecule has 2 rings (SSSR count). The summed E-state index contributed by atoms with van der Waals surface area (Å²) in [5.41, 5.74) is 0.169. The van der Waals surface area contributed by atoms with E-state index in [0.29, 0.717) is 25.0 Å². The molecule has 0 bridgehead atoms. The molecule has 2 unspecified atom stereocenters. The monoisotopic (exact) mass is 292 g/mol. The molecule has 5 nitrogen and oxygen atoms in total. The maximum atomic E-state index is 12.5. The number of aromatic hydroxyl groups is 2. The van der Waals surface area contributed by atoms with E-state index in [1.807, 2.05) is 0 Å². The Hall–Kier alpha value is -1.75. The van der Waals surface area contributed by atoms with Crippen molar-refractivity contribution < 1.29 is 15.0 Å². The first-order chi connectivity index (χ1) is 10.0. The van der Waals surface area contributed by atoms with Crippen molar-refractivity contribution in [3.63, 3.8) is 0 Å². The van der Waals surface area contributed by atoms with Crippen LogP contribution in [0.4, 0.5) is 0 Å². The van der Waals surface area contributed by atoms with Crippen molar-refractivity contribution in [2.45, 2.75) is 32.7 Å². The van der Waals surface area contributed by atoms with Gasteiger partial charge in [-0.1, -0.05) is 19.9 Å². The van der Waals surface area contributed by atoms with Crippen molar-refractivity contribution in [3.8, 4) is 11.5 Å². The second-order valence-corrected chi connectivity index (χ2v) is 5.75. The lowest BCUT2D eigenvalue weighted by molar-refractivity contribution is 0.0641. The van der Waals surface area contributed by atoms with Crippen LogP contribution in [0.1, 0.15) is 37.0 Å². The molecule has 21 heavy (non-hydrogen) atoms. The molecule has 5 heteroatoms. The fraction of sp³-hybridized carbons (Fsp3) is 0.562. The lowest BCUT2D eigenvalue weighted by Gasteiger charge is -2.37. The number of benzene rings is 1. The standard InChI is InChI=1S/C16H24N2O3/c1-3-8-17-13-7-9-18(10-11(13)2)16(21)12-5-4-6-14(19)15(12)20/h4-6,11,13,17,19-20H,3,7-10H2,1-2H3. The lowest BCUT2D eigenvalue weighted by Crippen LogP contribution is -2.50. The third-order valence-electron chi connectivity index (χ3n) is 4.09. The van der Waals surface area contributed by atoms with E-state index in [1.54, 1.807) is 17.0 Å². The largest absolute Gasteiger partial charge is 0.504 e. The van der Waals surface area contributed by atoms with Gasteiger partial charge in [-0.3, -0.25) is 4.79 Å². The number of likely N-dealkylation sites (tertiary alicyclic amines) is 1. The van der Waals surface area contributed by atoms with Gasteiger partial charge in [-0.15, -0.1) is 0 Å². The third-order valence-corrected chi connectivity index (χ3v) is 4.09. The van der Waals surface area contributed by atoms with Gasteiger partial charge in [0.25, 0.3) is 5.91 Å². The molecule has 0 radical (unpaired) electrons. The maximum Gasteiger partial charge on any atom is 0.257 e. The van der Waals surface area contributed by atoms with Gasteiger partial charge in [-0.25, -0.2) is 0 Å². The number of nitrogens with zero attached hydrogens (tertiary/aromatic N) is 1. The van der Waals surface area contributed by atoms with Crippen molar-refractivity contribution in [1.29, 1.82) is 0 Å². The first-order valence-electron chi connectivity index (χ1n) is 7.58. The molecule has 0 spiro atoms. The molecule has 0 aliphatic carbocycles. The second kappa shape index (κ2) is 6.80. The molecule has 1 heterocycles. The molecule has 0 saturated carbocycles. The number of piperidine rings is 1. The number of carbonyl (C=O) groups excluding carboxylic acids is 1. The molecule has 3 N–H and O–H groups in total. The van der Waals surface area contributed by atoms with E-state index in [9.17, 15) is 15.0 Å². The van der Waals surface area contributed by atoms with Crippen molar-refractivity contribution in [2.75, 3.05) is 19.6 Å². The summed E-state index contributed by atoms with van der Waals surface area (Å²) in [5, 5.41) is 22.8. The molecule has 1 aliphatic heterocycles. The first kappa shape index (κ1) is 15.6. The fourth-order valence-corrected chi connectivity index (χ4v) is 2.84. The van der Waals surface area contributed by atoms with Gasteiger partial charge in [0.15, 0.2) is 11.5 Å². The summed E-state index contributed by atoms with van der Waals surface area (Å²) in [6.07, 6.45) is 2.01. The summed E-state index contributed by atoms with van der Waals surface area (Å²) < 4.78 is 0. The van der Waals surface area contributed by atoms with E-state index < -0.39 is 0 Å². The highest BCUT2D eigenvalue weighted by molar-refractivity contribution is 5.97. The third kappa shape index (κ3) is 3.47. The quantitative estimate of drug-likeness (QED) is 0.742. The normalized spacial score (nSPS) is 22.3. The number of nitrogens with one attached hydrogen (secondary N) is 1. The van der Waals surface area contributed by atoms with E-state index in [0.717, 1.165) is 19.4 Å². The lowest BCUT2D eigenvalue weighted by atomic mass is 9.93. The summed E-state index contributed by atoms with van der Waals surface area (Å²) >= 11 is 0. The number of phenols is 2. The number of amides is 1. The molecule has 1 aromatic rings. The number of phenolic OH excluding ortho intramolecular Hbond substituents is 2. The summed E-state index contributed by atoms with van der Waals surface area (Å²) in [6, 6.07) is 4.92. The minimum atomic E-state index is -0.332. The van der Waals surface area contributed by atoms with E-state index in [1.165, 1.54) is 6.07 Å². The Morgan fingerprint density at radius 1 is 1.43 bits per heavy atom. The van der Waals surface area contributed by atoms with Crippen molar-refractivity contribution in [1.82, 2.24) is 10.2 Å². The molecule has 1 aromatic carbocycles. The number of rotatable bonds is 4. The van der Waals surface area contributed by atoms with Gasteiger partial charge in [-0.2, -0.15) is 0 Å². The van der Waals surface area contributed by atoms with Crippen molar-refractivity contribution in [3.05, 3.63) is 23.8 Å². The number of hydrogen-bond donors (Lipinski definition) is 3. The zero-order valence-electron chi connectivity index (χ0n) is 12.7. The van der Waals surface area contributed by atoms with Crippen LogP contribution in [0.2, 0.25) is 0 Å². The van der Waals surface area contributed by atoms with E-state index in [4.69, 9.17) is 0 Å². The summed E-state index contributed by atoms with van der Waals surface area (Å²) in [6.45, 7) is 6.60. The minimum absolute atomic E-state index is 0.169. The van der Waals surface area contributed by atoms with Crippen LogP contribution >= 0.6 is 0 Å². The number of para-hydroxylation sites is 1.